The molecule has 3 nitrogen and oxygen atoms in total. The van der Waals surface area contributed by atoms with Crippen LogP contribution >= 0.6 is 12.6 Å². The van der Waals surface area contributed by atoms with Crippen molar-refractivity contribution in [3.05, 3.63) is 0 Å². The maximum Gasteiger partial charge on any atom is 0.500 e. The zero-order chi connectivity index (χ0) is 30.0. The molecular formula is C36H76O3SSi. The van der Waals surface area contributed by atoms with Gasteiger partial charge in [0.2, 0.25) is 0 Å². The standard InChI is InChI=1S/C36H76O3SSi/c1-4-37-41(38-5-2,39-6-3)36-34-32-30-28-26-24-22-20-18-16-14-12-10-8-7-9-11-13-15-17-19-21-23-25-27-29-31-33-35-40/h40H,4-36H2,1-3H3. The highest BCUT2D eigenvalue weighted by molar-refractivity contribution is 7.80. The maximum atomic E-state index is 5.97. The van der Waals surface area contributed by atoms with Crippen molar-refractivity contribution in [3.63, 3.8) is 0 Å². The third-order valence-corrected chi connectivity index (χ3v) is 12.0. The molecule has 0 rings (SSSR count). The predicted molar refractivity (Wildman–Crippen MR) is 189 cm³/mol. The van der Waals surface area contributed by atoms with Crippen molar-refractivity contribution in [1.29, 1.82) is 0 Å². The molecule has 0 N–H and O–H groups in total. The van der Waals surface area contributed by atoms with Gasteiger partial charge in [-0.05, 0) is 39.4 Å². The highest BCUT2D eigenvalue weighted by Gasteiger charge is 2.39. The largest absolute Gasteiger partial charge is 0.500 e. The molecule has 5 heteroatoms. The molecule has 248 valence electrons. The lowest BCUT2D eigenvalue weighted by Gasteiger charge is -2.28. The molecule has 0 aromatic rings. The van der Waals surface area contributed by atoms with Gasteiger partial charge in [0.15, 0.2) is 0 Å². The zero-order valence-electron chi connectivity index (χ0n) is 28.5. The first-order chi connectivity index (χ1) is 20.2. The van der Waals surface area contributed by atoms with E-state index in [-0.39, 0.29) is 0 Å². The van der Waals surface area contributed by atoms with Crippen LogP contribution in [0.15, 0.2) is 0 Å². The summed E-state index contributed by atoms with van der Waals surface area (Å²) in [6.07, 6.45) is 39.9. The molecule has 0 aliphatic carbocycles. The first-order valence-electron chi connectivity index (χ1n) is 18.8. The van der Waals surface area contributed by atoms with Gasteiger partial charge < -0.3 is 13.3 Å². The van der Waals surface area contributed by atoms with Gasteiger partial charge in [0.25, 0.3) is 0 Å². The van der Waals surface area contributed by atoms with Crippen LogP contribution in [0.25, 0.3) is 0 Å². The number of unbranched alkanes of at least 4 members (excludes halogenated alkanes) is 27. The molecule has 0 spiro atoms. The normalized spacial score (nSPS) is 12.0. The van der Waals surface area contributed by atoms with Crippen LogP contribution in [-0.4, -0.2) is 34.4 Å². The van der Waals surface area contributed by atoms with E-state index >= 15 is 0 Å². The molecule has 0 fully saturated rings. The third-order valence-electron chi connectivity index (χ3n) is 8.48. The SMILES string of the molecule is CCO[Si](CCCCCCCCCCCCCCCCCCCCCCCCCCCCCCS)(OCC)OCC. The maximum absolute atomic E-state index is 5.97. The summed E-state index contributed by atoms with van der Waals surface area (Å²) in [5.41, 5.74) is 0. The van der Waals surface area contributed by atoms with E-state index < -0.39 is 8.80 Å². The molecule has 0 aliphatic heterocycles. The monoisotopic (exact) mass is 617 g/mol. The average molecular weight is 617 g/mol. The minimum absolute atomic E-state index is 0.685. The topological polar surface area (TPSA) is 27.7 Å². The molecule has 0 bridgehead atoms. The van der Waals surface area contributed by atoms with E-state index in [2.05, 4.69) is 12.6 Å². The van der Waals surface area contributed by atoms with Crippen molar-refractivity contribution >= 4 is 21.4 Å². The first-order valence-corrected chi connectivity index (χ1v) is 21.3. The highest BCUT2D eigenvalue weighted by Crippen LogP contribution is 2.21. The molecule has 0 radical (unpaired) electrons. The smallest absolute Gasteiger partial charge is 0.374 e. The second-order valence-electron chi connectivity index (χ2n) is 12.4. The number of rotatable bonds is 36. The molecule has 0 aromatic heterocycles. The second kappa shape index (κ2) is 34.9. The van der Waals surface area contributed by atoms with Crippen molar-refractivity contribution in [3.8, 4) is 0 Å². The van der Waals surface area contributed by atoms with Crippen LogP contribution in [0.3, 0.4) is 0 Å². The van der Waals surface area contributed by atoms with Crippen molar-refractivity contribution < 1.29 is 13.3 Å². The fourth-order valence-electron chi connectivity index (χ4n) is 6.05. The highest BCUT2D eigenvalue weighted by atomic mass is 32.1. The van der Waals surface area contributed by atoms with E-state index in [9.17, 15) is 0 Å². The Morgan fingerprint density at radius 2 is 0.512 bits per heavy atom. The van der Waals surface area contributed by atoms with Gasteiger partial charge in [0.1, 0.15) is 0 Å². The van der Waals surface area contributed by atoms with Gasteiger partial charge in [0, 0.05) is 25.9 Å². The summed E-state index contributed by atoms with van der Waals surface area (Å²) >= 11 is 4.29. The van der Waals surface area contributed by atoms with E-state index in [0.29, 0.717) is 19.8 Å². The Labute approximate surface area is 266 Å². The van der Waals surface area contributed by atoms with E-state index in [4.69, 9.17) is 13.3 Å². The van der Waals surface area contributed by atoms with Crippen LogP contribution in [0.4, 0.5) is 0 Å². The molecule has 0 saturated carbocycles. The van der Waals surface area contributed by atoms with E-state index in [1.807, 2.05) is 20.8 Å². The first kappa shape index (κ1) is 41.4. The lowest BCUT2D eigenvalue weighted by molar-refractivity contribution is 0.0706. The molecule has 0 heterocycles. The van der Waals surface area contributed by atoms with Crippen LogP contribution in [0.1, 0.15) is 201 Å². The fourth-order valence-corrected chi connectivity index (χ4v) is 8.96. The Bertz CT molecular complexity index is 463. The Hall–Kier alpha value is 0.447. The molecule has 0 amide bonds. The molecule has 0 unspecified atom stereocenters. The Morgan fingerprint density at radius 3 is 0.707 bits per heavy atom. The van der Waals surface area contributed by atoms with E-state index in [1.165, 1.54) is 180 Å². The minimum atomic E-state index is -2.42. The summed E-state index contributed by atoms with van der Waals surface area (Å²) in [6.45, 7) is 8.18. The van der Waals surface area contributed by atoms with Gasteiger partial charge in [-0.15, -0.1) is 0 Å². The third kappa shape index (κ3) is 30.3. The van der Waals surface area contributed by atoms with Crippen LogP contribution in [-0.2, 0) is 13.3 Å². The van der Waals surface area contributed by atoms with Crippen molar-refractivity contribution in [2.24, 2.45) is 0 Å². The van der Waals surface area contributed by atoms with Crippen LogP contribution in [0.2, 0.25) is 6.04 Å². The van der Waals surface area contributed by atoms with Gasteiger partial charge in [-0.25, -0.2) is 0 Å². The van der Waals surface area contributed by atoms with Gasteiger partial charge in [-0.2, -0.15) is 12.6 Å². The Balaban J connectivity index is 3.25. The Kier molecular flexibility index (Phi) is 35.3. The zero-order valence-corrected chi connectivity index (χ0v) is 30.4. The molecule has 0 atom stereocenters. The second-order valence-corrected chi connectivity index (χ2v) is 15.5. The molecule has 0 aliphatic rings. The van der Waals surface area contributed by atoms with Crippen LogP contribution in [0.5, 0.6) is 0 Å². The number of hydrogen-bond acceptors (Lipinski definition) is 4. The summed E-state index contributed by atoms with van der Waals surface area (Å²) in [5.74, 6) is 1.06. The van der Waals surface area contributed by atoms with Gasteiger partial charge in [-0.1, -0.05) is 167 Å². The fraction of sp³-hybridized carbons (Fsp3) is 1.00. The minimum Gasteiger partial charge on any atom is -0.374 e. The molecule has 0 saturated heterocycles. The quantitative estimate of drug-likeness (QED) is 0.0431. The summed E-state index contributed by atoms with van der Waals surface area (Å²) in [5, 5.41) is 0. The van der Waals surface area contributed by atoms with Gasteiger partial charge >= 0.3 is 8.80 Å². The Morgan fingerprint density at radius 1 is 0.317 bits per heavy atom. The molecular weight excluding hydrogens is 541 g/mol. The van der Waals surface area contributed by atoms with Crippen molar-refractivity contribution in [2.75, 3.05) is 25.6 Å². The number of hydrogen-bond donors (Lipinski definition) is 1. The summed E-state index contributed by atoms with van der Waals surface area (Å²) in [6, 6.07) is 0.973. The predicted octanol–water partition coefficient (Wildman–Crippen LogP) is 12.9. The number of thiol groups is 1. The van der Waals surface area contributed by atoms with Gasteiger partial charge in [0.05, 0.1) is 0 Å². The lowest BCUT2D eigenvalue weighted by Crippen LogP contribution is -2.45. The lowest BCUT2D eigenvalue weighted by atomic mass is 10.0. The van der Waals surface area contributed by atoms with Crippen LogP contribution < -0.4 is 0 Å². The van der Waals surface area contributed by atoms with Crippen LogP contribution in [0, 0.1) is 0 Å². The van der Waals surface area contributed by atoms with Crippen molar-refractivity contribution in [1.82, 2.24) is 0 Å². The van der Waals surface area contributed by atoms with Gasteiger partial charge in [-0.3, -0.25) is 0 Å². The summed E-state index contributed by atoms with van der Waals surface area (Å²) in [7, 11) is -2.42. The summed E-state index contributed by atoms with van der Waals surface area (Å²) in [4.78, 5) is 0. The summed E-state index contributed by atoms with van der Waals surface area (Å²) < 4.78 is 17.9. The molecule has 41 heavy (non-hydrogen) atoms. The van der Waals surface area contributed by atoms with Crippen molar-refractivity contribution in [2.45, 2.75) is 207 Å². The molecule has 0 aromatic carbocycles. The van der Waals surface area contributed by atoms with E-state index in [1.54, 1.807) is 0 Å². The van der Waals surface area contributed by atoms with E-state index in [0.717, 1.165) is 11.8 Å². The average Bonchev–Trinajstić information content (AvgIpc) is 2.97.